The molecule has 0 radical (unpaired) electrons. The topological polar surface area (TPSA) is 6.48 Å². The van der Waals surface area contributed by atoms with E-state index in [9.17, 15) is 0 Å². The lowest BCUT2D eigenvalue weighted by Gasteiger charge is -2.34. The molecule has 0 spiro atoms. The van der Waals surface area contributed by atoms with Crippen LogP contribution in [0.25, 0.3) is 0 Å². The second-order valence-corrected chi connectivity index (χ2v) is 6.16. The van der Waals surface area contributed by atoms with E-state index in [2.05, 4.69) is 37.6 Å². The van der Waals surface area contributed by atoms with Gasteiger partial charge in [0, 0.05) is 26.2 Å². The molecule has 1 rings (SSSR count). The highest BCUT2D eigenvalue weighted by atomic mass is 15.2. The van der Waals surface area contributed by atoms with Crippen molar-refractivity contribution in [3.8, 4) is 0 Å². The summed E-state index contributed by atoms with van der Waals surface area (Å²) in [5, 5.41) is 0. The predicted octanol–water partition coefficient (Wildman–Crippen LogP) is 3.23. The molecule has 0 aromatic rings. The van der Waals surface area contributed by atoms with Crippen LogP contribution in [0.3, 0.4) is 0 Å². The minimum absolute atomic E-state index is 0.599. The molecule has 1 aliphatic rings. The average molecular weight is 240 g/mol. The van der Waals surface area contributed by atoms with Gasteiger partial charge in [0.1, 0.15) is 0 Å². The van der Waals surface area contributed by atoms with Crippen molar-refractivity contribution >= 4 is 0 Å². The Hall–Kier alpha value is -0.0800. The van der Waals surface area contributed by atoms with Crippen molar-refractivity contribution in [1.82, 2.24) is 9.80 Å². The lowest BCUT2D eigenvalue weighted by molar-refractivity contribution is 0.143. The molecule has 1 aliphatic heterocycles. The molecule has 1 fully saturated rings. The van der Waals surface area contributed by atoms with Crippen molar-refractivity contribution < 1.29 is 0 Å². The van der Waals surface area contributed by atoms with Gasteiger partial charge in [-0.05, 0) is 38.3 Å². The minimum Gasteiger partial charge on any atom is -0.304 e. The fourth-order valence-corrected chi connectivity index (χ4v) is 2.88. The van der Waals surface area contributed by atoms with E-state index in [1.54, 1.807) is 0 Å². The van der Waals surface area contributed by atoms with Crippen molar-refractivity contribution in [1.29, 1.82) is 0 Å². The Morgan fingerprint density at radius 2 is 1.65 bits per heavy atom. The largest absolute Gasteiger partial charge is 0.304 e. The molecule has 2 nitrogen and oxygen atoms in total. The number of nitrogens with zero attached hydrogens (tertiary/aromatic N) is 2. The highest BCUT2D eigenvalue weighted by molar-refractivity contribution is 4.74. The number of rotatable bonds is 7. The summed E-state index contributed by atoms with van der Waals surface area (Å²) in [5.41, 5.74) is 0.599. The molecule has 102 valence electrons. The van der Waals surface area contributed by atoms with Gasteiger partial charge in [-0.2, -0.15) is 0 Å². The van der Waals surface area contributed by atoms with Crippen LogP contribution in [0.15, 0.2) is 0 Å². The Bertz CT molecular complexity index is 197. The highest BCUT2D eigenvalue weighted by Gasteiger charge is 2.21. The Morgan fingerprint density at radius 3 is 2.18 bits per heavy atom. The van der Waals surface area contributed by atoms with Crippen LogP contribution in [0.2, 0.25) is 0 Å². The van der Waals surface area contributed by atoms with E-state index in [1.807, 2.05) is 0 Å². The molecule has 1 atom stereocenters. The van der Waals surface area contributed by atoms with E-state index in [4.69, 9.17) is 0 Å². The molecule has 0 aromatic carbocycles. The van der Waals surface area contributed by atoms with Gasteiger partial charge in [-0.1, -0.05) is 33.6 Å². The van der Waals surface area contributed by atoms with E-state index in [0.717, 1.165) is 0 Å². The molecule has 0 aliphatic carbocycles. The maximum atomic E-state index is 2.64. The zero-order valence-electron chi connectivity index (χ0n) is 12.5. The molecular weight excluding hydrogens is 208 g/mol. The van der Waals surface area contributed by atoms with Gasteiger partial charge in [0.2, 0.25) is 0 Å². The molecule has 1 unspecified atom stereocenters. The summed E-state index contributed by atoms with van der Waals surface area (Å²) in [6.07, 6.45) is 6.85. The number of hydrogen-bond acceptors (Lipinski definition) is 2. The maximum Gasteiger partial charge on any atom is 0.0110 e. The molecule has 0 saturated carbocycles. The van der Waals surface area contributed by atoms with Crippen LogP contribution in [0.1, 0.15) is 52.9 Å². The fourth-order valence-electron chi connectivity index (χ4n) is 2.88. The SMILES string of the molecule is CCCC(C)(CC)CCCN1CCN(C)CC1. The zero-order valence-corrected chi connectivity index (χ0v) is 12.5. The van der Waals surface area contributed by atoms with Crippen LogP contribution in [-0.2, 0) is 0 Å². The average Bonchev–Trinajstić information content (AvgIpc) is 2.32. The molecule has 0 bridgehead atoms. The fraction of sp³-hybridized carbons (Fsp3) is 1.00. The normalized spacial score (nSPS) is 22.6. The summed E-state index contributed by atoms with van der Waals surface area (Å²) in [6.45, 7) is 13.5. The van der Waals surface area contributed by atoms with Gasteiger partial charge in [0.05, 0.1) is 0 Å². The molecule has 0 aromatic heterocycles. The lowest BCUT2D eigenvalue weighted by Crippen LogP contribution is -2.44. The van der Waals surface area contributed by atoms with Gasteiger partial charge >= 0.3 is 0 Å². The van der Waals surface area contributed by atoms with Crippen LogP contribution < -0.4 is 0 Å². The van der Waals surface area contributed by atoms with Crippen molar-refractivity contribution in [2.45, 2.75) is 52.9 Å². The summed E-state index contributed by atoms with van der Waals surface area (Å²) >= 11 is 0. The Kier molecular flexibility index (Phi) is 6.50. The van der Waals surface area contributed by atoms with E-state index in [1.165, 1.54) is 64.8 Å². The van der Waals surface area contributed by atoms with Gasteiger partial charge in [-0.25, -0.2) is 0 Å². The minimum atomic E-state index is 0.599. The lowest BCUT2D eigenvalue weighted by atomic mass is 9.79. The standard InChI is InChI=1S/C15H32N2/c1-5-8-15(3,6-2)9-7-10-17-13-11-16(4)12-14-17/h5-14H2,1-4H3. The van der Waals surface area contributed by atoms with Crippen molar-refractivity contribution in [3.05, 3.63) is 0 Å². The maximum absolute atomic E-state index is 2.64. The van der Waals surface area contributed by atoms with Crippen molar-refractivity contribution in [2.24, 2.45) is 5.41 Å². The van der Waals surface area contributed by atoms with Crippen LogP contribution in [0, 0.1) is 5.41 Å². The Balaban J connectivity index is 2.18. The summed E-state index contributed by atoms with van der Waals surface area (Å²) in [6, 6.07) is 0. The van der Waals surface area contributed by atoms with E-state index >= 15 is 0 Å². The van der Waals surface area contributed by atoms with Crippen molar-refractivity contribution in [3.63, 3.8) is 0 Å². The van der Waals surface area contributed by atoms with E-state index in [-0.39, 0.29) is 0 Å². The summed E-state index contributed by atoms with van der Waals surface area (Å²) < 4.78 is 0. The second-order valence-electron chi connectivity index (χ2n) is 6.16. The predicted molar refractivity (Wildman–Crippen MR) is 76.5 cm³/mol. The van der Waals surface area contributed by atoms with Gasteiger partial charge in [-0.15, -0.1) is 0 Å². The molecule has 2 heteroatoms. The summed E-state index contributed by atoms with van der Waals surface area (Å²) in [4.78, 5) is 5.08. The van der Waals surface area contributed by atoms with Gasteiger partial charge in [0.15, 0.2) is 0 Å². The van der Waals surface area contributed by atoms with E-state index in [0.29, 0.717) is 5.41 Å². The third-order valence-corrected chi connectivity index (χ3v) is 4.56. The quantitative estimate of drug-likeness (QED) is 0.674. The smallest absolute Gasteiger partial charge is 0.0110 e. The molecule has 1 saturated heterocycles. The highest BCUT2D eigenvalue weighted by Crippen LogP contribution is 2.32. The summed E-state index contributed by atoms with van der Waals surface area (Å²) in [7, 11) is 2.23. The third-order valence-electron chi connectivity index (χ3n) is 4.56. The summed E-state index contributed by atoms with van der Waals surface area (Å²) in [5.74, 6) is 0. The molecule has 0 amide bonds. The second kappa shape index (κ2) is 7.38. The van der Waals surface area contributed by atoms with Crippen LogP contribution in [-0.4, -0.2) is 49.6 Å². The Labute approximate surface area is 108 Å². The number of piperazine rings is 1. The Morgan fingerprint density at radius 1 is 1.00 bits per heavy atom. The van der Waals surface area contributed by atoms with Gasteiger partial charge in [0.25, 0.3) is 0 Å². The first-order valence-corrected chi connectivity index (χ1v) is 7.50. The first kappa shape index (κ1) is 15.0. The number of likely N-dealkylation sites (N-methyl/N-ethyl adjacent to an activating group) is 1. The number of hydrogen-bond donors (Lipinski definition) is 0. The van der Waals surface area contributed by atoms with E-state index < -0.39 is 0 Å². The molecule has 17 heavy (non-hydrogen) atoms. The van der Waals surface area contributed by atoms with Crippen LogP contribution >= 0.6 is 0 Å². The molecule has 1 heterocycles. The first-order chi connectivity index (χ1) is 8.09. The van der Waals surface area contributed by atoms with Crippen molar-refractivity contribution in [2.75, 3.05) is 39.8 Å². The molecule has 0 N–H and O–H groups in total. The monoisotopic (exact) mass is 240 g/mol. The zero-order chi connectivity index (χ0) is 12.7. The van der Waals surface area contributed by atoms with Crippen LogP contribution in [0.4, 0.5) is 0 Å². The van der Waals surface area contributed by atoms with Gasteiger partial charge in [-0.3, -0.25) is 0 Å². The van der Waals surface area contributed by atoms with Gasteiger partial charge < -0.3 is 9.80 Å². The first-order valence-electron chi connectivity index (χ1n) is 7.50. The third kappa shape index (κ3) is 5.39. The van der Waals surface area contributed by atoms with Crippen LogP contribution in [0.5, 0.6) is 0 Å². The molecular formula is C15H32N2.